The molecule has 2 aromatic heterocycles. The lowest BCUT2D eigenvalue weighted by molar-refractivity contribution is 0.102. The second kappa shape index (κ2) is 5.19. The molecule has 6 heteroatoms. The number of aromatic amines is 1. The number of carbonyl (C=O) groups excluding carboxylic acids is 1. The molecule has 0 spiro atoms. The maximum Gasteiger partial charge on any atom is 0.272 e. The molecule has 0 radical (unpaired) electrons. The van der Waals surface area contributed by atoms with Crippen molar-refractivity contribution in [3.8, 4) is 5.75 Å². The number of ether oxygens (including phenoxy) is 1. The molecule has 1 aromatic carbocycles. The van der Waals surface area contributed by atoms with Gasteiger partial charge in [0.2, 0.25) is 0 Å². The highest BCUT2D eigenvalue weighted by molar-refractivity contribution is 7.17. The minimum atomic E-state index is -0.199. The van der Waals surface area contributed by atoms with Crippen LogP contribution in [0.15, 0.2) is 35.7 Å². The molecule has 4 nitrogen and oxygen atoms in total. The van der Waals surface area contributed by atoms with Gasteiger partial charge in [0.15, 0.2) is 0 Å². The highest BCUT2D eigenvalue weighted by Crippen LogP contribution is 2.28. The van der Waals surface area contributed by atoms with Crippen LogP contribution in [0.5, 0.6) is 5.75 Å². The Kier molecular flexibility index (Phi) is 3.38. The van der Waals surface area contributed by atoms with Crippen molar-refractivity contribution in [3.05, 3.63) is 46.4 Å². The van der Waals surface area contributed by atoms with Crippen LogP contribution in [0.25, 0.3) is 10.2 Å². The third-order valence-electron chi connectivity index (χ3n) is 2.89. The van der Waals surface area contributed by atoms with Gasteiger partial charge < -0.3 is 15.0 Å². The SMILES string of the molecule is COc1ccc(NC(=O)c2cc3sccc3[nH]2)cc1Cl. The number of halogens is 1. The van der Waals surface area contributed by atoms with Crippen LogP contribution in [-0.4, -0.2) is 18.0 Å². The lowest BCUT2D eigenvalue weighted by Gasteiger charge is -2.07. The third-order valence-corrected chi connectivity index (χ3v) is 4.05. The molecule has 2 heterocycles. The predicted octanol–water partition coefficient (Wildman–Crippen LogP) is 4.14. The number of anilines is 1. The molecular weight excluding hydrogens is 296 g/mol. The molecule has 3 aromatic rings. The van der Waals surface area contributed by atoms with Crippen molar-refractivity contribution in [2.75, 3.05) is 12.4 Å². The van der Waals surface area contributed by atoms with Gasteiger partial charge in [0, 0.05) is 5.69 Å². The summed E-state index contributed by atoms with van der Waals surface area (Å²) in [5.41, 5.74) is 2.12. The Hall–Kier alpha value is -1.98. The number of hydrogen-bond donors (Lipinski definition) is 2. The molecule has 0 aliphatic heterocycles. The van der Waals surface area contributed by atoms with E-state index in [4.69, 9.17) is 16.3 Å². The molecule has 2 N–H and O–H groups in total. The first-order valence-corrected chi connectivity index (χ1v) is 7.14. The van der Waals surface area contributed by atoms with Gasteiger partial charge >= 0.3 is 0 Å². The highest BCUT2D eigenvalue weighted by atomic mass is 35.5. The van der Waals surface area contributed by atoms with Gasteiger partial charge in [-0.1, -0.05) is 11.6 Å². The normalized spacial score (nSPS) is 10.7. The average Bonchev–Trinajstić information content (AvgIpc) is 2.99. The van der Waals surface area contributed by atoms with Crippen LogP contribution >= 0.6 is 22.9 Å². The summed E-state index contributed by atoms with van der Waals surface area (Å²) in [5, 5.41) is 5.23. The maximum atomic E-state index is 12.1. The van der Waals surface area contributed by atoms with E-state index in [1.165, 1.54) is 0 Å². The van der Waals surface area contributed by atoms with Crippen molar-refractivity contribution in [1.82, 2.24) is 4.98 Å². The average molecular weight is 307 g/mol. The van der Waals surface area contributed by atoms with Gasteiger partial charge in [0.05, 0.1) is 22.3 Å². The first-order chi connectivity index (χ1) is 9.67. The van der Waals surface area contributed by atoms with E-state index in [0.29, 0.717) is 22.2 Å². The Labute approximate surface area is 124 Å². The molecule has 0 aliphatic rings. The van der Waals surface area contributed by atoms with Crippen LogP contribution in [0.4, 0.5) is 5.69 Å². The summed E-state index contributed by atoms with van der Waals surface area (Å²) in [6.07, 6.45) is 0. The summed E-state index contributed by atoms with van der Waals surface area (Å²) in [6.45, 7) is 0. The van der Waals surface area contributed by atoms with Crippen LogP contribution in [0.3, 0.4) is 0 Å². The fourth-order valence-corrected chi connectivity index (χ4v) is 2.95. The van der Waals surface area contributed by atoms with Crippen molar-refractivity contribution >= 4 is 44.7 Å². The van der Waals surface area contributed by atoms with Gasteiger partial charge in [0.1, 0.15) is 11.4 Å². The number of carbonyl (C=O) groups is 1. The topological polar surface area (TPSA) is 54.1 Å². The molecule has 0 fully saturated rings. The number of aromatic nitrogens is 1. The molecular formula is C14H11ClN2O2S. The van der Waals surface area contributed by atoms with Crippen molar-refractivity contribution in [3.63, 3.8) is 0 Å². The molecule has 3 rings (SSSR count). The fraction of sp³-hybridized carbons (Fsp3) is 0.0714. The molecule has 0 atom stereocenters. The smallest absolute Gasteiger partial charge is 0.272 e. The Bertz CT molecular complexity index is 750. The first-order valence-electron chi connectivity index (χ1n) is 5.88. The summed E-state index contributed by atoms with van der Waals surface area (Å²) in [6, 6.07) is 8.89. The van der Waals surface area contributed by atoms with E-state index in [1.807, 2.05) is 17.5 Å². The summed E-state index contributed by atoms with van der Waals surface area (Å²) < 4.78 is 6.13. The van der Waals surface area contributed by atoms with E-state index in [2.05, 4.69) is 10.3 Å². The van der Waals surface area contributed by atoms with Crippen molar-refractivity contribution in [2.24, 2.45) is 0 Å². The number of rotatable bonds is 3. The quantitative estimate of drug-likeness (QED) is 0.764. The number of methoxy groups -OCH3 is 1. The number of thiophene rings is 1. The van der Waals surface area contributed by atoms with Crippen molar-refractivity contribution in [2.45, 2.75) is 0 Å². The Morgan fingerprint density at radius 2 is 2.20 bits per heavy atom. The monoisotopic (exact) mass is 306 g/mol. The van der Waals surface area contributed by atoms with E-state index in [0.717, 1.165) is 10.2 Å². The molecule has 20 heavy (non-hydrogen) atoms. The molecule has 1 amide bonds. The van der Waals surface area contributed by atoms with Gasteiger partial charge in [-0.15, -0.1) is 11.3 Å². The van der Waals surface area contributed by atoms with Gasteiger partial charge in [-0.05, 0) is 35.7 Å². The van der Waals surface area contributed by atoms with Gasteiger partial charge in [0.25, 0.3) is 5.91 Å². The zero-order valence-electron chi connectivity index (χ0n) is 10.6. The van der Waals surface area contributed by atoms with E-state index < -0.39 is 0 Å². The van der Waals surface area contributed by atoms with Crippen LogP contribution in [0.2, 0.25) is 5.02 Å². The first kappa shape index (κ1) is 13.0. The van der Waals surface area contributed by atoms with Crippen LogP contribution in [0, 0.1) is 0 Å². The lowest BCUT2D eigenvalue weighted by Crippen LogP contribution is -2.12. The lowest BCUT2D eigenvalue weighted by atomic mass is 10.3. The van der Waals surface area contributed by atoms with E-state index >= 15 is 0 Å². The number of nitrogens with one attached hydrogen (secondary N) is 2. The van der Waals surface area contributed by atoms with Gasteiger partial charge in [-0.2, -0.15) is 0 Å². The molecule has 0 saturated carbocycles. The van der Waals surface area contributed by atoms with Crippen LogP contribution in [0.1, 0.15) is 10.5 Å². The number of amides is 1. The highest BCUT2D eigenvalue weighted by Gasteiger charge is 2.11. The van der Waals surface area contributed by atoms with Gasteiger partial charge in [-0.25, -0.2) is 0 Å². The predicted molar refractivity (Wildman–Crippen MR) is 82.1 cm³/mol. The number of fused-ring (bicyclic) bond motifs is 1. The second-order valence-corrected chi connectivity index (χ2v) is 5.54. The molecule has 0 aliphatic carbocycles. The summed E-state index contributed by atoms with van der Waals surface area (Å²) in [5.74, 6) is 0.375. The number of H-pyrrole nitrogens is 1. The van der Waals surface area contributed by atoms with Crippen LogP contribution in [-0.2, 0) is 0 Å². The maximum absolute atomic E-state index is 12.1. The summed E-state index contributed by atoms with van der Waals surface area (Å²) in [4.78, 5) is 15.2. The summed E-state index contributed by atoms with van der Waals surface area (Å²) >= 11 is 7.61. The van der Waals surface area contributed by atoms with Gasteiger partial charge in [-0.3, -0.25) is 4.79 Å². The fourth-order valence-electron chi connectivity index (χ4n) is 1.91. The molecule has 0 bridgehead atoms. The molecule has 0 unspecified atom stereocenters. The second-order valence-electron chi connectivity index (χ2n) is 4.18. The minimum absolute atomic E-state index is 0.199. The van der Waals surface area contributed by atoms with Crippen LogP contribution < -0.4 is 10.1 Å². The van der Waals surface area contributed by atoms with E-state index in [1.54, 1.807) is 36.6 Å². The standard InChI is InChI=1S/C14H11ClN2O2S/c1-19-12-3-2-8(6-9(12)15)16-14(18)11-7-13-10(17-11)4-5-20-13/h2-7,17H,1H3,(H,16,18). The zero-order chi connectivity index (χ0) is 14.1. The largest absolute Gasteiger partial charge is 0.495 e. The van der Waals surface area contributed by atoms with E-state index in [-0.39, 0.29) is 5.91 Å². The minimum Gasteiger partial charge on any atom is -0.495 e. The van der Waals surface area contributed by atoms with Crippen molar-refractivity contribution < 1.29 is 9.53 Å². The Morgan fingerprint density at radius 1 is 1.35 bits per heavy atom. The Balaban J connectivity index is 1.81. The Morgan fingerprint density at radius 3 is 2.90 bits per heavy atom. The molecule has 102 valence electrons. The molecule has 0 saturated heterocycles. The van der Waals surface area contributed by atoms with Crippen molar-refractivity contribution in [1.29, 1.82) is 0 Å². The third kappa shape index (κ3) is 2.37. The number of hydrogen-bond acceptors (Lipinski definition) is 3. The van der Waals surface area contributed by atoms with E-state index in [9.17, 15) is 4.79 Å². The zero-order valence-corrected chi connectivity index (χ0v) is 12.1. The number of benzene rings is 1. The summed E-state index contributed by atoms with van der Waals surface area (Å²) in [7, 11) is 1.55.